The van der Waals surface area contributed by atoms with E-state index in [4.69, 9.17) is 0 Å². The summed E-state index contributed by atoms with van der Waals surface area (Å²) in [6.45, 7) is 7.15. The van der Waals surface area contributed by atoms with Crippen molar-refractivity contribution in [3.8, 4) is 0 Å². The molecule has 17 heavy (non-hydrogen) atoms. The quantitative estimate of drug-likeness (QED) is 0.813. The second kappa shape index (κ2) is 6.19. The number of hydrogen-bond acceptors (Lipinski definition) is 2. The first kappa shape index (κ1) is 13.4. The predicted octanol–water partition coefficient (Wildman–Crippen LogP) is 2.89. The van der Waals surface area contributed by atoms with Crippen molar-refractivity contribution in [1.82, 2.24) is 10.2 Å². The molecule has 2 aliphatic rings. The maximum Gasteiger partial charge on any atom is 0.0246 e. The van der Waals surface area contributed by atoms with Gasteiger partial charge < -0.3 is 10.2 Å². The van der Waals surface area contributed by atoms with Gasteiger partial charge >= 0.3 is 0 Å². The molecule has 3 atom stereocenters. The Labute approximate surface area is 107 Å². The van der Waals surface area contributed by atoms with E-state index < -0.39 is 0 Å². The molecule has 0 radical (unpaired) electrons. The predicted molar refractivity (Wildman–Crippen MR) is 74.2 cm³/mol. The zero-order valence-electron chi connectivity index (χ0n) is 11.9. The number of hydrogen-bond donors (Lipinski definition) is 1. The van der Waals surface area contributed by atoms with Gasteiger partial charge in [0.25, 0.3) is 0 Å². The van der Waals surface area contributed by atoms with Crippen molar-refractivity contribution in [2.75, 3.05) is 20.1 Å². The molecule has 0 aromatic heterocycles. The van der Waals surface area contributed by atoms with Crippen LogP contribution >= 0.6 is 0 Å². The van der Waals surface area contributed by atoms with Crippen molar-refractivity contribution in [3.05, 3.63) is 0 Å². The van der Waals surface area contributed by atoms with Gasteiger partial charge in [-0.05, 0) is 31.7 Å². The molecule has 0 bridgehead atoms. The minimum atomic E-state index is 0.713. The largest absolute Gasteiger partial charge is 0.311 e. The Kier molecular flexibility index (Phi) is 4.87. The lowest BCUT2D eigenvalue weighted by molar-refractivity contribution is 0.0813. The zero-order chi connectivity index (χ0) is 12.3. The van der Waals surface area contributed by atoms with E-state index in [2.05, 4.69) is 31.1 Å². The molecule has 0 aromatic carbocycles. The van der Waals surface area contributed by atoms with Gasteiger partial charge in [0.1, 0.15) is 0 Å². The van der Waals surface area contributed by atoms with Crippen LogP contribution in [0.3, 0.4) is 0 Å². The summed E-state index contributed by atoms with van der Waals surface area (Å²) in [5.74, 6) is 1.77. The second-order valence-corrected chi connectivity index (χ2v) is 6.31. The van der Waals surface area contributed by atoms with Crippen LogP contribution in [0.5, 0.6) is 0 Å². The van der Waals surface area contributed by atoms with E-state index in [0.29, 0.717) is 6.04 Å². The van der Waals surface area contributed by atoms with Gasteiger partial charge in [0.2, 0.25) is 0 Å². The molecule has 2 nitrogen and oxygen atoms in total. The van der Waals surface area contributed by atoms with Crippen LogP contribution in [0.15, 0.2) is 0 Å². The maximum absolute atomic E-state index is 3.81. The summed E-state index contributed by atoms with van der Waals surface area (Å²) in [7, 11) is 2.34. The van der Waals surface area contributed by atoms with Gasteiger partial charge in [-0.2, -0.15) is 0 Å². The van der Waals surface area contributed by atoms with Gasteiger partial charge in [-0.25, -0.2) is 0 Å². The number of likely N-dealkylation sites (N-methyl/N-ethyl adjacent to an activating group) is 1. The Morgan fingerprint density at radius 1 is 1.24 bits per heavy atom. The number of piperazine rings is 1. The molecule has 1 aliphatic carbocycles. The maximum atomic E-state index is 3.81. The normalized spacial score (nSPS) is 34.8. The average molecular weight is 238 g/mol. The first-order chi connectivity index (χ1) is 8.22. The van der Waals surface area contributed by atoms with E-state index in [0.717, 1.165) is 17.9 Å². The first-order valence-electron chi connectivity index (χ1n) is 7.66. The highest BCUT2D eigenvalue weighted by Crippen LogP contribution is 2.30. The fourth-order valence-corrected chi connectivity index (χ4v) is 3.65. The van der Waals surface area contributed by atoms with E-state index >= 15 is 0 Å². The summed E-state index contributed by atoms with van der Waals surface area (Å²) in [5, 5.41) is 3.81. The topological polar surface area (TPSA) is 15.3 Å². The third kappa shape index (κ3) is 3.23. The van der Waals surface area contributed by atoms with Gasteiger partial charge in [0, 0.05) is 25.2 Å². The Morgan fingerprint density at radius 2 is 1.94 bits per heavy atom. The molecule has 0 amide bonds. The van der Waals surface area contributed by atoms with Gasteiger partial charge in [0.05, 0.1) is 0 Å². The van der Waals surface area contributed by atoms with Gasteiger partial charge in [0.15, 0.2) is 0 Å². The summed E-state index contributed by atoms with van der Waals surface area (Å²) in [5.41, 5.74) is 0. The smallest absolute Gasteiger partial charge is 0.0246 e. The van der Waals surface area contributed by atoms with Crippen molar-refractivity contribution in [2.24, 2.45) is 11.8 Å². The molecule has 3 unspecified atom stereocenters. The summed E-state index contributed by atoms with van der Waals surface area (Å²) < 4.78 is 0. The van der Waals surface area contributed by atoms with Crippen molar-refractivity contribution >= 4 is 0 Å². The number of rotatable bonds is 3. The lowest BCUT2D eigenvalue weighted by atomic mass is 9.81. The molecular weight excluding hydrogens is 208 g/mol. The van der Waals surface area contributed by atoms with Crippen molar-refractivity contribution in [1.29, 1.82) is 0 Å². The molecule has 2 fully saturated rings. The van der Waals surface area contributed by atoms with E-state index in [-0.39, 0.29) is 0 Å². The highest BCUT2D eigenvalue weighted by molar-refractivity contribution is 4.90. The van der Waals surface area contributed by atoms with Gasteiger partial charge in [-0.3, -0.25) is 0 Å². The second-order valence-electron chi connectivity index (χ2n) is 6.31. The Morgan fingerprint density at radius 3 is 2.53 bits per heavy atom. The molecule has 1 saturated heterocycles. The summed E-state index contributed by atoms with van der Waals surface area (Å²) in [6, 6.07) is 1.51. The molecule has 1 saturated carbocycles. The summed E-state index contributed by atoms with van der Waals surface area (Å²) >= 11 is 0. The highest BCUT2D eigenvalue weighted by atomic mass is 15.2. The molecule has 1 heterocycles. The van der Waals surface area contributed by atoms with Crippen LogP contribution in [0.1, 0.15) is 52.4 Å². The average Bonchev–Trinajstić information content (AvgIpc) is 2.38. The zero-order valence-corrected chi connectivity index (χ0v) is 11.9. The first-order valence-corrected chi connectivity index (χ1v) is 7.66. The van der Waals surface area contributed by atoms with Crippen LogP contribution in [-0.4, -0.2) is 37.1 Å². The third-order valence-corrected chi connectivity index (χ3v) is 5.16. The van der Waals surface area contributed by atoms with Crippen molar-refractivity contribution < 1.29 is 0 Å². The van der Waals surface area contributed by atoms with Crippen LogP contribution in [0.25, 0.3) is 0 Å². The SMILES string of the molecule is CCC(C)C1CN(C)C(C2CCCCC2)CN1. The Bertz CT molecular complexity index is 223. The monoisotopic (exact) mass is 238 g/mol. The minimum absolute atomic E-state index is 0.713. The van der Waals surface area contributed by atoms with Crippen molar-refractivity contribution in [2.45, 2.75) is 64.5 Å². The van der Waals surface area contributed by atoms with E-state index in [1.165, 1.54) is 51.6 Å². The highest BCUT2D eigenvalue weighted by Gasteiger charge is 2.33. The van der Waals surface area contributed by atoms with Crippen LogP contribution in [-0.2, 0) is 0 Å². The van der Waals surface area contributed by atoms with Gasteiger partial charge in [-0.15, -0.1) is 0 Å². The van der Waals surface area contributed by atoms with E-state index in [1.54, 1.807) is 0 Å². The lowest BCUT2D eigenvalue weighted by Gasteiger charge is -2.44. The minimum Gasteiger partial charge on any atom is -0.311 e. The lowest BCUT2D eigenvalue weighted by Crippen LogP contribution is -2.59. The molecule has 2 rings (SSSR count). The number of nitrogens with zero attached hydrogens (tertiary/aromatic N) is 1. The fourth-order valence-electron chi connectivity index (χ4n) is 3.65. The van der Waals surface area contributed by atoms with E-state index in [9.17, 15) is 0 Å². The summed E-state index contributed by atoms with van der Waals surface area (Å²) in [6.07, 6.45) is 8.61. The molecule has 0 aromatic rings. The fraction of sp³-hybridized carbons (Fsp3) is 1.00. The molecule has 100 valence electrons. The van der Waals surface area contributed by atoms with Crippen LogP contribution in [0.2, 0.25) is 0 Å². The third-order valence-electron chi connectivity index (χ3n) is 5.16. The Balaban J connectivity index is 1.86. The molecule has 1 aliphatic heterocycles. The van der Waals surface area contributed by atoms with Gasteiger partial charge in [-0.1, -0.05) is 39.5 Å². The Hall–Kier alpha value is -0.0800. The van der Waals surface area contributed by atoms with E-state index in [1.807, 2.05) is 0 Å². The molecule has 0 spiro atoms. The molecule has 2 heteroatoms. The standard InChI is InChI=1S/C15H30N2/c1-4-12(2)14-11-17(3)15(10-16-14)13-8-6-5-7-9-13/h12-16H,4-11H2,1-3H3. The van der Waals surface area contributed by atoms with Crippen LogP contribution in [0.4, 0.5) is 0 Å². The van der Waals surface area contributed by atoms with Crippen molar-refractivity contribution in [3.63, 3.8) is 0 Å². The summed E-state index contributed by atoms with van der Waals surface area (Å²) in [4.78, 5) is 2.64. The molecule has 1 N–H and O–H groups in total. The molecular formula is C15H30N2. The van der Waals surface area contributed by atoms with Crippen LogP contribution < -0.4 is 5.32 Å². The van der Waals surface area contributed by atoms with Crippen LogP contribution in [0, 0.1) is 11.8 Å². The number of nitrogens with one attached hydrogen (secondary N) is 1.